The quantitative estimate of drug-likeness (QED) is 0.0322. The zero-order valence-corrected chi connectivity index (χ0v) is 44.2. The van der Waals surface area contributed by atoms with E-state index in [9.17, 15) is 15.0 Å². The number of carbonyl (C=O) groups excluding carboxylic acids is 2. The molecule has 1 unspecified atom stereocenters. The average molecular weight is 1020 g/mol. The lowest BCUT2D eigenvalue weighted by Crippen LogP contribution is -2.70. The van der Waals surface area contributed by atoms with Crippen LogP contribution in [-0.2, 0) is 25.6 Å². The van der Waals surface area contributed by atoms with E-state index < -0.39 is 36.2 Å². The minimum Gasteiger partial charge on any atom is -0.459 e. The molecule has 3 N–H and O–H groups in total. The number of amides is 2. The van der Waals surface area contributed by atoms with E-state index in [0.717, 1.165) is 85.3 Å². The van der Waals surface area contributed by atoms with Crippen LogP contribution in [-0.4, -0.2) is 90.7 Å². The fraction of sp³-hybridized carbons (Fsp3) is 0.590. The molecule has 0 radical (unpaired) electrons. The Morgan fingerprint density at radius 3 is 2.38 bits per heavy atom. The number of nitrogens with zero attached hydrogens (tertiary/aromatic N) is 2. The molecule has 2 aliphatic heterocycles. The van der Waals surface area contributed by atoms with Crippen molar-refractivity contribution in [2.24, 2.45) is 22.9 Å². The third kappa shape index (κ3) is 14.8. The molecule has 0 aromatic heterocycles. The molecule has 2 aliphatic carbocycles. The number of unbranched alkanes of at least 4 members (excludes halogenated alkanes) is 11. The molecule has 1 saturated carbocycles. The maximum atomic E-state index is 15.1. The molecule has 7 atom stereocenters. The molecule has 2 amide bonds. The van der Waals surface area contributed by atoms with Crippen LogP contribution in [0.2, 0.25) is 0 Å². The van der Waals surface area contributed by atoms with Crippen molar-refractivity contribution in [3.63, 3.8) is 0 Å². The molecule has 13 heteroatoms. The molecular formula is C61H85N3O10. The van der Waals surface area contributed by atoms with Crippen molar-refractivity contribution in [3.8, 4) is 11.5 Å². The second kappa shape index (κ2) is 29.8. The Balaban J connectivity index is 1.31. The largest absolute Gasteiger partial charge is 0.459 e. The van der Waals surface area contributed by atoms with Crippen molar-refractivity contribution in [2.75, 3.05) is 39.6 Å². The lowest BCUT2D eigenvalue weighted by molar-refractivity contribution is -0.256. The summed E-state index contributed by atoms with van der Waals surface area (Å²) in [6, 6.07) is 19.0. The van der Waals surface area contributed by atoms with Gasteiger partial charge in [0.25, 0.3) is 0 Å². The molecule has 2 heterocycles. The summed E-state index contributed by atoms with van der Waals surface area (Å²) in [7, 11) is 0. The molecule has 7 rings (SSSR count). The summed E-state index contributed by atoms with van der Waals surface area (Å²) in [5.41, 5.74) is 3.33. The molecule has 3 aromatic carbocycles. The first-order chi connectivity index (χ1) is 36.3. The standard InChI is InChI=1S/C61H85N3O10/c1-4-7-9-10-11-12-13-14-15-21-35-62-59(67)72-48-33-34-54-52(42-48)57-50(31-19-23-37-66)46(27-18-22-36-65)41-51-53(63-74-56-32-20-24-40-69-56)43-55(61(73-54,58(51)57)71-38-6-3)64(60(68)70-39-8-5-2)44-47-29-25-28-45-26-16-17-30-49(45)47/h5-6,16-17,25-26,28-30,33-34,41-42,46,50,55-58,65-66H,2-4,7-15,18-24,27,31-32,35-40,43-44H2,1H3,(H,62,67)/t46-,50+,55-,56?,57+,58+,61+/m0/s1. The lowest BCUT2D eigenvalue weighted by atomic mass is 9.55. The van der Waals surface area contributed by atoms with E-state index >= 15 is 4.79 Å². The monoisotopic (exact) mass is 1020 g/mol. The first-order valence-electron chi connectivity index (χ1n) is 28.2. The van der Waals surface area contributed by atoms with E-state index in [2.05, 4.69) is 49.7 Å². The minimum atomic E-state index is -1.53. The average Bonchev–Trinajstić information content (AvgIpc) is 3.42. The van der Waals surface area contributed by atoms with E-state index in [0.29, 0.717) is 56.0 Å². The number of rotatable bonds is 31. The highest BCUT2D eigenvalue weighted by Crippen LogP contribution is 2.62. The Bertz CT molecular complexity index is 2310. The molecular weight excluding hydrogens is 935 g/mol. The highest BCUT2D eigenvalue weighted by molar-refractivity contribution is 6.03. The van der Waals surface area contributed by atoms with Gasteiger partial charge in [-0.1, -0.05) is 143 Å². The second-order valence-corrected chi connectivity index (χ2v) is 20.6. The van der Waals surface area contributed by atoms with Gasteiger partial charge in [0.05, 0.1) is 38.0 Å². The molecule has 404 valence electrons. The van der Waals surface area contributed by atoms with Crippen molar-refractivity contribution < 1.29 is 48.3 Å². The highest BCUT2D eigenvalue weighted by Gasteiger charge is 2.66. The number of nitrogens with one attached hydrogen (secondary N) is 1. The zero-order valence-electron chi connectivity index (χ0n) is 44.2. The maximum absolute atomic E-state index is 15.1. The summed E-state index contributed by atoms with van der Waals surface area (Å²) in [4.78, 5) is 36.7. The molecule has 2 fully saturated rings. The molecule has 3 aromatic rings. The van der Waals surface area contributed by atoms with Crippen LogP contribution in [0.1, 0.15) is 159 Å². The van der Waals surface area contributed by atoms with E-state index in [1.54, 1.807) is 23.1 Å². The second-order valence-electron chi connectivity index (χ2n) is 20.6. The zero-order chi connectivity index (χ0) is 52.0. The fourth-order valence-electron chi connectivity index (χ4n) is 11.8. The Morgan fingerprint density at radius 2 is 1.64 bits per heavy atom. The van der Waals surface area contributed by atoms with Crippen molar-refractivity contribution in [1.29, 1.82) is 0 Å². The number of carbonyl (C=O) groups is 2. The lowest BCUT2D eigenvalue weighted by Gasteiger charge is -2.60. The van der Waals surface area contributed by atoms with Crippen LogP contribution >= 0.6 is 0 Å². The third-order valence-corrected chi connectivity index (χ3v) is 15.5. The number of hydrogen-bond donors (Lipinski definition) is 3. The number of allylic oxidation sites excluding steroid dienone is 1. The van der Waals surface area contributed by atoms with Crippen molar-refractivity contribution >= 4 is 28.7 Å². The Labute approximate surface area is 440 Å². The van der Waals surface area contributed by atoms with Crippen LogP contribution in [0, 0.1) is 17.8 Å². The first-order valence-corrected chi connectivity index (χ1v) is 28.2. The Morgan fingerprint density at radius 1 is 0.878 bits per heavy atom. The molecule has 0 spiro atoms. The van der Waals surface area contributed by atoms with Gasteiger partial charge in [-0.2, -0.15) is 0 Å². The van der Waals surface area contributed by atoms with E-state index in [4.69, 9.17) is 33.7 Å². The first kappa shape index (κ1) is 56.5. The topological polar surface area (TPSA) is 158 Å². The van der Waals surface area contributed by atoms with Gasteiger partial charge in [-0.25, -0.2) is 9.59 Å². The number of fused-ring (bicyclic) bond motifs is 3. The predicted molar refractivity (Wildman–Crippen MR) is 291 cm³/mol. The number of hydrogen-bond acceptors (Lipinski definition) is 11. The highest BCUT2D eigenvalue weighted by atomic mass is 16.8. The van der Waals surface area contributed by atoms with Gasteiger partial charge in [-0.15, -0.1) is 13.2 Å². The summed E-state index contributed by atoms with van der Waals surface area (Å²) in [5, 5.41) is 30.2. The minimum absolute atomic E-state index is 0.0109. The SMILES string of the molecule is C=CCCOC(=O)N(Cc1cccc2ccccc12)[C@H]1CC(=NOC2CCCCO2)C2=C[C@H](CCCCO)[C@@H](CCCCO)[C@@H]3c4cc(OC(=O)NCCCCCCCCCCCC)ccc4O[C@@]1(OCC=C)[C@H]23. The van der Waals surface area contributed by atoms with E-state index in [1.165, 1.54) is 44.9 Å². The number of oxime groups is 1. The van der Waals surface area contributed by atoms with Gasteiger partial charge in [0.1, 0.15) is 17.5 Å². The molecule has 13 nitrogen and oxygen atoms in total. The molecule has 1 saturated heterocycles. The van der Waals surface area contributed by atoms with Crippen molar-refractivity contribution in [2.45, 2.75) is 172 Å². The van der Waals surface area contributed by atoms with Crippen LogP contribution in [0.3, 0.4) is 0 Å². The van der Waals surface area contributed by atoms with E-state index in [1.807, 2.05) is 36.4 Å². The summed E-state index contributed by atoms with van der Waals surface area (Å²) < 4.78 is 33.0. The van der Waals surface area contributed by atoms with Crippen molar-refractivity contribution in [1.82, 2.24) is 10.2 Å². The van der Waals surface area contributed by atoms with Crippen LogP contribution in [0.5, 0.6) is 11.5 Å². The van der Waals surface area contributed by atoms with Crippen LogP contribution < -0.4 is 14.8 Å². The fourth-order valence-corrected chi connectivity index (χ4v) is 11.8. The molecule has 0 bridgehead atoms. The Kier molecular flexibility index (Phi) is 22.7. The smallest absolute Gasteiger partial charge is 0.412 e. The molecule has 4 aliphatic rings. The number of aliphatic hydroxyl groups is 2. The van der Waals surface area contributed by atoms with Gasteiger partial charge in [0, 0.05) is 44.1 Å². The van der Waals surface area contributed by atoms with Crippen molar-refractivity contribution in [3.05, 3.63) is 109 Å². The van der Waals surface area contributed by atoms with Gasteiger partial charge in [-0.05, 0) is 103 Å². The normalized spacial score (nSPS) is 23.4. The van der Waals surface area contributed by atoms with Crippen LogP contribution in [0.4, 0.5) is 9.59 Å². The van der Waals surface area contributed by atoms with Crippen LogP contribution in [0.25, 0.3) is 10.8 Å². The number of aliphatic hydroxyl groups excluding tert-OH is 2. The van der Waals surface area contributed by atoms with Gasteiger partial charge in [0.2, 0.25) is 12.1 Å². The maximum Gasteiger partial charge on any atom is 0.412 e. The number of benzene rings is 3. The van der Waals surface area contributed by atoms with Crippen LogP contribution in [0.15, 0.2) is 103 Å². The summed E-state index contributed by atoms with van der Waals surface area (Å²) in [6.07, 6.45) is 23.9. The van der Waals surface area contributed by atoms with Gasteiger partial charge < -0.3 is 44.1 Å². The van der Waals surface area contributed by atoms with Gasteiger partial charge in [-0.3, -0.25) is 4.90 Å². The summed E-state index contributed by atoms with van der Waals surface area (Å²) >= 11 is 0. The predicted octanol–water partition coefficient (Wildman–Crippen LogP) is 13.2. The van der Waals surface area contributed by atoms with Gasteiger partial charge in [0.15, 0.2) is 0 Å². The van der Waals surface area contributed by atoms with Gasteiger partial charge >= 0.3 is 12.2 Å². The van der Waals surface area contributed by atoms with E-state index in [-0.39, 0.29) is 57.1 Å². The molecule has 74 heavy (non-hydrogen) atoms. The number of ether oxygens (including phenoxy) is 5. The summed E-state index contributed by atoms with van der Waals surface area (Å²) in [5.74, 6) is -1.51. The third-order valence-electron chi connectivity index (χ3n) is 15.5. The Hall–Kier alpha value is -5.21. The summed E-state index contributed by atoms with van der Waals surface area (Å²) in [6.45, 7) is 11.9.